The Morgan fingerprint density at radius 1 is 1.30 bits per heavy atom. The molecule has 1 aliphatic rings. The van der Waals surface area contributed by atoms with Crippen molar-refractivity contribution in [3.63, 3.8) is 0 Å². The van der Waals surface area contributed by atoms with E-state index in [1.54, 1.807) is 23.5 Å². The molecular formula is C16H14ClN3OS2. The number of halogens is 1. The fourth-order valence-corrected chi connectivity index (χ4v) is 3.65. The van der Waals surface area contributed by atoms with E-state index in [1.807, 2.05) is 36.6 Å². The molecule has 1 aromatic carbocycles. The maximum atomic E-state index is 12.8. The number of hydrogen-bond acceptors (Lipinski definition) is 3. The van der Waals surface area contributed by atoms with E-state index in [0.29, 0.717) is 21.4 Å². The summed E-state index contributed by atoms with van der Waals surface area (Å²) < 4.78 is 0. The topological polar surface area (TPSA) is 53.2 Å². The van der Waals surface area contributed by atoms with E-state index in [4.69, 9.17) is 23.8 Å². The summed E-state index contributed by atoms with van der Waals surface area (Å²) in [6, 6.07) is 10.8. The summed E-state index contributed by atoms with van der Waals surface area (Å²) in [6.45, 7) is 1.84. The van der Waals surface area contributed by atoms with Gasteiger partial charge >= 0.3 is 0 Å². The highest BCUT2D eigenvalue weighted by Crippen LogP contribution is 2.31. The van der Waals surface area contributed by atoms with E-state index in [-0.39, 0.29) is 11.9 Å². The van der Waals surface area contributed by atoms with Gasteiger partial charge in [-0.2, -0.15) is 0 Å². The van der Waals surface area contributed by atoms with E-state index in [2.05, 4.69) is 16.0 Å². The van der Waals surface area contributed by atoms with Crippen LogP contribution in [0.4, 0.5) is 5.69 Å². The third kappa shape index (κ3) is 3.39. The van der Waals surface area contributed by atoms with Gasteiger partial charge in [-0.3, -0.25) is 4.79 Å². The number of thiocarbonyl (C=S) groups is 1. The molecule has 7 heteroatoms. The number of carbonyl (C=O) groups is 1. The van der Waals surface area contributed by atoms with Crippen LogP contribution >= 0.6 is 35.2 Å². The second kappa shape index (κ2) is 6.70. The molecule has 1 amide bonds. The Kier molecular flexibility index (Phi) is 4.66. The van der Waals surface area contributed by atoms with E-state index in [9.17, 15) is 4.79 Å². The Morgan fingerprint density at radius 3 is 2.78 bits per heavy atom. The van der Waals surface area contributed by atoms with Crippen molar-refractivity contribution < 1.29 is 4.79 Å². The number of allylic oxidation sites excluding steroid dienone is 1. The van der Waals surface area contributed by atoms with Crippen LogP contribution in [0.3, 0.4) is 0 Å². The number of para-hydroxylation sites is 1. The Labute approximate surface area is 148 Å². The van der Waals surface area contributed by atoms with E-state index >= 15 is 0 Å². The van der Waals surface area contributed by atoms with Gasteiger partial charge < -0.3 is 16.0 Å². The summed E-state index contributed by atoms with van der Waals surface area (Å²) in [5.74, 6) is -0.212. The predicted octanol–water partition coefficient (Wildman–Crippen LogP) is 3.83. The monoisotopic (exact) mass is 363 g/mol. The molecule has 1 aliphatic heterocycles. The van der Waals surface area contributed by atoms with Crippen molar-refractivity contribution in [2.24, 2.45) is 0 Å². The van der Waals surface area contributed by atoms with Gasteiger partial charge in [-0.25, -0.2) is 0 Å². The van der Waals surface area contributed by atoms with Gasteiger partial charge in [0.2, 0.25) is 0 Å². The SMILES string of the molecule is CC1=C(C(=O)Nc2ccccc2Cl)[C@H](c2cccs2)NC(=S)N1. The summed E-state index contributed by atoms with van der Waals surface area (Å²) in [5, 5.41) is 12.0. The molecule has 3 N–H and O–H groups in total. The molecular weight excluding hydrogens is 350 g/mol. The van der Waals surface area contributed by atoms with Crippen LogP contribution in [0.25, 0.3) is 0 Å². The first-order valence-corrected chi connectivity index (χ1v) is 8.60. The van der Waals surface area contributed by atoms with Crippen LogP contribution in [0.2, 0.25) is 5.02 Å². The fraction of sp³-hybridized carbons (Fsp3) is 0.125. The quantitative estimate of drug-likeness (QED) is 0.725. The average molecular weight is 364 g/mol. The van der Waals surface area contributed by atoms with Crippen molar-refractivity contribution in [2.45, 2.75) is 13.0 Å². The lowest BCUT2D eigenvalue weighted by atomic mass is 10.0. The summed E-state index contributed by atoms with van der Waals surface area (Å²) in [5.41, 5.74) is 1.91. The van der Waals surface area contributed by atoms with Gasteiger partial charge in [0.05, 0.1) is 22.3 Å². The molecule has 0 bridgehead atoms. The zero-order valence-corrected chi connectivity index (χ0v) is 14.6. The first-order valence-electron chi connectivity index (χ1n) is 6.94. The van der Waals surface area contributed by atoms with Crippen LogP contribution in [0.1, 0.15) is 17.8 Å². The molecule has 0 saturated carbocycles. The van der Waals surface area contributed by atoms with E-state index < -0.39 is 0 Å². The molecule has 4 nitrogen and oxygen atoms in total. The molecule has 0 spiro atoms. The number of benzene rings is 1. The molecule has 3 rings (SSSR count). The maximum Gasteiger partial charge on any atom is 0.255 e. The Morgan fingerprint density at radius 2 is 2.09 bits per heavy atom. The number of rotatable bonds is 3. The minimum atomic E-state index is -0.272. The highest BCUT2D eigenvalue weighted by Gasteiger charge is 2.30. The van der Waals surface area contributed by atoms with Crippen molar-refractivity contribution in [3.05, 3.63) is 62.9 Å². The molecule has 0 fully saturated rings. The molecule has 2 aromatic rings. The number of hydrogen-bond donors (Lipinski definition) is 3. The standard InChI is InChI=1S/C16H14ClN3OS2/c1-9-13(15(21)19-11-6-3-2-5-10(11)17)14(20-16(22)18-9)12-7-4-8-23-12/h2-8,14H,1H3,(H,19,21)(H2,18,20,22)/t14-/m0/s1. The number of nitrogens with one attached hydrogen (secondary N) is 3. The number of thiophene rings is 1. The lowest BCUT2D eigenvalue weighted by molar-refractivity contribution is -0.113. The number of anilines is 1. The highest BCUT2D eigenvalue weighted by molar-refractivity contribution is 7.80. The Balaban J connectivity index is 1.94. The fourth-order valence-electron chi connectivity index (χ4n) is 2.42. The van der Waals surface area contributed by atoms with Gasteiger partial charge in [0.1, 0.15) is 0 Å². The second-order valence-electron chi connectivity index (χ2n) is 5.02. The molecule has 23 heavy (non-hydrogen) atoms. The van der Waals surface area contributed by atoms with Crippen LogP contribution in [0, 0.1) is 0 Å². The van der Waals surface area contributed by atoms with Crippen LogP contribution in [-0.2, 0) is 4.79 Å². The summed E-state index contributed by atoms with van der Waals surface area (Å²) in [7, 11) is 0. The molecule has 1 aromatic heterocycles. The molecule has 0 unspecified atom stereocenters. The summed E-state index contributed by atoms with van der Waals surface area (Å²) in [6.07, 6.45) is 0. The van der Waals surface area contributed by atoms with Crippen molar-refractivity contribution in [1.29, 1.82) is 0 Å². The first-order chi connectivity index (χ1) is 11.1. The van der Waals surface area contributed by atoms with Gasteiger partial charge in [0, 0.05) is 10.6 Å². The van der Waals surface area contributed by atoms with Gasteiger partial charge in [-0.1, -0.05) is 29.8 Å². The third-order valence-electron chi connectivity index (χ3n) is 3.46. The zero-order valence-electron chi connectivity index (χ0n) is 12.2. The number of amides is 1. The van der Waals surface area contributed by atoms with Gasteiger partial charge in [-0.15, -0.1) is 11.3 Å². The number of carbonyl (C=O) groups excluding carboxylic acids is 1. The normalized spacial score (nSPS) is 17.5. The highest BCUT2D eigenvalue weighted by atomic mass is 35.5. The van der Waals surface area contributed by atoms with Gasteiger partial charge in [0.25, 0.3) is 5.91 Å². The van der Waals surface area contributed by atoms with Crippen molar-refractivity contribution in [2.75, 3.05) is 5.32 Å². The van der Waals surface area contributed by atoms with Crippen molar-refractivity contribution in [3.8, 4) is 0 Å². The third-order valence-corrected chi connectivity index (χ3v) is 4.95. The van der Waals surface area contributed by atoms with Crippen LogP contribution in [-0.4, -0.2) is 11.0 Å². The predicted molar refractivity (Wildman–Crippen MR) is 98.7 cm³/mol. The minimum Gasteiger partial charge on any atom is -0.350 e. The van der Waals surface area contributed by atoms with Crippen LogP contribution in [0.15, 0.2) is 53.0 Å². The van der Waals surface area contributed by atoms with E-state index in [1.165, 1.54) is 0 Å². The zero-order chi connectivity index (χ0) is 16.4. The molecule has 0 radical (unpaired) electrons. The van der Waals surface area contributed by atoms with Crippen LogP contribution < -0.4 is 16.0 Å². The average Bonchev–Trinajstić information content (AvgIpc) is 3.03. The van der Waals surface area contributed by atoms with Crippen molar-refractivity contribution >= 4 is 51.9 Å². The Hall–Kier alpha value is -1.89. The molecule has 2 heterocycles. The maximum absolute atomic E-state index is 12.8. The second-order valence-corrected chi connectivity index (χ2v) is 6.81. The Bertz CT molecular complexity index is 786. The first kappa shape index (κ1) is 16.0. The molecule has 118 valence electrons. The van der Waals surface area contributed by atoms with E-state index in [0.717, 1.165) is 10.6 Å². The summed E-state index contributed by atoms with van der Waals surface area (Å²) in [4.78, 5) is 13.8. The van der Waals surface area contributed by atoms with Crippen molar-refractivity contribution in [1.82, 2.24) is 10.6 Å². The molecule has 1 atom stereocenters. The summed E-state index contributed by atoms with van der Waals surface area (Å²) >= 11 is 12.9. The van der Waals surface area contributed by atoms with Gasteiger partial charge in [-0.05, 0) is 42.7 Å². The molecule has 0 saturated heterocycles. The smallest absolute Gasteiger partial charge is 0.255 e. The van der Waals surface area contributed by atoms with Gasteiger partial charge in [0.15, 0.2) is 5.11 Å². The molecule has 0 aliphatic carbocycles. The minimum absolute atomic E-state index is 0.212. The lowest BCUT2D eigenvalue weighted by Gasteiger charge is -2.29. The largest absolute Gasteiger partial charge is 0.350 e. The van der Waals surface area contributed by atoms with Crippen LogP contribution in [0.5, 0.6) is 0 Å². The lowest BCUT2D eigenvalue weighted by Crippen LogP contribution is -2.45.